The molecule has 1 aliphatic carbocycles. The monoisotopic (exact) mass is 452 g/mol. The van der Waals surface area contributed by atoms with Gasteiger partial charge in [0.2, 0.25) is 0 Å². The maximum absolute atomic E-state index is 12.3. The largest absolute Gasteiger partial charge is 0.490 e. The lowest BCUT2D eigenvalue weighted by Gasteiger charge is -2.26. The van der Waals surface area contributed by atoms with E-state index in [-0.39, 0.29) is 23.8 Å². The van der Waals surface area contributed by atoms with Crippen LogP contribution < -0.4 is 15.4 Å². The van der Waals surface area contributed by atoms with Crippen LogP contribution in [-0.4, -0.2) is 42.1 Å². The molecule has 0 spiro atoms. The van der Waals surface area contributed by atoms with E-state index in [0.29, 0.717) is 55.6 Å². The van der Waals surface area contributed by atoms with E-state index < -0.39 is 5.97 Å². The van der Waals surface area contributed by atoms with E-state index in [9.17, 15) is 14.4 Å². The van der Waals surface area contributed by atoms with Crippen molar-refractivity contribution in [3.05, 3.63) is 65.2 Å². The molecule has 3 N–H and O–H groups in total. The Bertz CT molecular complexity index is 932. The van der Waals surface area contributed by atoms with Crippen molar-refractivity contribution in [1.29, 1.82) is 0 Å². The van der Waals surface area contributed by atoms with E-state index in [4.69, 9.17) is 9.84 Å². The number of carboxylic acids is 1. The van der Waals surface area contributed by atoms with Crippen molar-refractivity contribution in [2.24, 2.45) is 5.92 Å². The number of carboxylic acid groups (broad SMARTS) is 1. The van der Waals surface area contributed by atoms with Gasteiger partial charge in [-0.25, -0.2) is 0 Å². The van der Waals surface area contributed by atoms with Crippen molar-refractivity contribution >= 4 is 17.8 Å². The molecule has 176 valence electrons. The van der Waals surface area contributed by atoms with Crippen LogP contribution in [0.3, 0.4) is 0 Å². The van der Waals surface area contributed by atoms with E-state index in [0.717, 1.165) is 12.8 Å². The lowest BCUT2D eigenvalue weighted by atomic mass is 9.87. The summed E-state index contributed by atoms with van der Waals surface area (Å²) in [5.74, 6) is -0.716. The summed E-state index contributed by atoms with van der Waals surface area (Å²) in [6.45, 7) is 2.78. The third kappa shape index (κ3) is 7.34. The molecule has 0 unspecified atom stereocenters. The normalized spacial score (nSPS) is 17.7. The van der Waals surface area contributed by atoms with Crippen molar-refractivity contribution in [2.75, 3.05) is 13.1 Å². The van der Waals surface area contributed by atoms with E-state index >= 15 is 0 Å². The smallest absolute Gasteiger partial charge is 0.306 e. The van der Waals surface area contributed by atoms with Crippen molar-refractivity contribution in [3.63, 3.8) is 0 Å². The Morgan fingerprint density at radius 3 is 1.85 bits per heavy atom. The molecule has 1 fully saturated rings. The zero-order valence-corrected chi connectivity index (χ0v) is 19.0. The fraction of sp³-hybridized carbons (Fsp3) is 0.423. The average Bonchev–Trinajstić information content (AvgIpc) is 2.83. The van der Waals surface area contributed by atoms with Gasteiger partial charge in [0.05, 0.1) is 12.0 Å². The van der Waals surface area contributed by atoms with Gasteiger partial charge in [0, 0.05) is 24.2 Å². The molecule has 0 bridgehead atoms. The van der Waals surface area contributed by atoms with Crippen LogP contribution in [0.2, 0.25) is 0 Å². The van der Waals surface area contributed by atoms with Gasteiger partial charge < -0.3 is 20.5 Å². The van der Waals surface area contributed by atoms with E-state index in [1.807, 2.05) is 24.3 Å². The highest BCUT2D eigenvalue weighted by molar-refractivity contribution is 5.95. The number of benzene rings is 2. The second-order valence-electron chi connectivity index (χ2n) is 8.41. The predicted molar refractivity (Wildman–Crippen MR) is 126 cm³/mol. The lowest BCUT2D eigenvalue weighted by Crippen LogP contribution is -2.34. The number of aliphatic carboxylic acids is 1. The molecular formula is C26H32N2O5. The van der Waals surface area contributed by atoms with Gasteiger partial charge in [-0.2, -0.15) is 0 Å². The summed E-state index contributed by atoms with van der Waals surface area (Å²) in [6, 6.07) is 14.5. The van der Waals surface area contributed by atoms with E-state index in [1.54, 1.807) is 24.3 Å². The molecule has 2 aromatic carbocycles. The second kappa shape index (κ2) is 12.0. The molecule has 0 aromatic heterocycles. The van der Waals surface area contributed by atoms with Crippen LogP contribution in [0, 0.1) is 5.92 Å². The van der Waals surface area contributed by atoms with Crippen molar-refractivity contribution < 1.29 is 24.2 Å². The first-order valence-corrected chi connectivity index (χ1v) is 11.6. The first-order chi connectivity index (χ1) is 16.0. The van der Waals surface area contributed by atoms with Gasteiger partial charge >= 0.3 is 5.97 Å². The van der Waals surface area contributed by atoms with Crippen LogP contribution in [-0.2, 0) is 11.2 Å². The molecule has 2 amide bonds. The maximum Gasteiger partial charge on any atom is 0.306 e. The molecule has 1 saturated carbocycles. The first kappa shape index (κ1) is 24.3. The number of carbonyl (C=O) groups excluding carboxylic acids is 2. The van der Waals surface area contributed by atoms with Gasteiger partial charge in [-0.05, 0) is 74.1 Å². The van der Waals surface area contributed by atoms with Crippen molar-refractivity contribution in [1.82, 2.24) is 10.6 Å². The van der Waals surface area contributed by atoms with Crippen LogP contribution in [0.5, 0.6) is 5.75 Å². The number of hydrogen-bond acceptors (Lipinski definition) is 4. The summed E-state index contributed by atoms with van der Waals surface area (Å²) in [5.41, 5.74) is 2.33. The number of hydrogen-bond donors (Lipinski definition) is 3. The Balaban J connectivity index is 1.37. The van der Waals surface area contributed by atoms with Gasteiger partial charge in [0.15, 0.2) is 0 Å². The molecule has 2 aromatic rings. The third-order valence-electron chi connectivity index (χ3n) is 5.89. The Hall–Kier alpha value is -3.35. The molecule has 7 nitrogen and oxygen atoms in total. The molecule has 1 aliphatic rings. The van der Waals surface area contributed by atoms with Crippen LogP contribution in [0.4, 0.5) is 0 Å². The number of aryl methyl sites for hydroxylation is 1. The quantitative estimate of drug-likeness (QED) is 0.476. The Morgan fingerprint density at radius 1 is 0.848 bits per heavy atom. The molecule has 33 heavy (non-hydrogen) atoms. The summed E-state index contributed by atoms with van der Waals surface area (Å²) >= 11 is 0. The molecule has 0 saturated heterocycles. The Morgan fingerprint density at radius 2 is 1.36 bits per heavy atom. The topological polar surface area (TPSA) is 105 Å². The van der Waals surface area contributed by atoms with Gasteiger partial charge in [-0.1, -0.05) is 25.5 Å². The number of rotatable bonds is 10. The molecule has 3 rings (SSSR count). The minimum absolute atomic E-state index is 0.00624. The van der Waals surface area contributed by atoms with Crippen molar-refractivity contribution in [3.8, 4) is 5.75 Å². The summed E-state index contributed by atoms with van der Waals surface area (Å²) in [6.07, 6.45) is 4.75. The van der Waals surface area contributed by atoms with E-state index in [1.165, 1.54) is 5.56 Å². The molecule has 7 heteroatoms. The van der Waals surface area contributed by atoms with E-state index in [2.05, 4.69) is 17.6 Å². The SMILES string of the molecule is CCCc1ccc(C(=O)NCCNC(=O)c2ccc(OC3CCC(C(=O)O)CC3)cc2)cc1. The Kier molecular flexibility index (Phi) is 8.87. The predicted octanol–water partition coefficient (Wildman–Crippen LogP) is 3.82. The zero-order chi connectivity index (χ0) is 23.6. The molecule has 0 radical (unpaired) electrons. The van der Waals surface area contributed by atoms with Crippen LogP contribution in [0.15, 0.2) is 48.5 Å². The highest BCUT2D eigenvalue weighted by Crippen LogP contribution is 2.28. The summed E-state index contributed by atoms with van der Waals surface area (Å²) in [5, 5.41) is 14.7. The first-order valence-electron chi connectivity index (χ1n) is 11.6. The summed E-state index contributed by atoms with van der Waals surface area (Å²) in [4.78, 5) is 35.6. The highest BCUT2D eigenvalue weighted by atomic mass is 16.5. The highest BCUT2D eigenvalue weighted by Gasteiger charge is 2.26. The fourth-order valence-electron chi connectivity index (χ4n) is 3.97. The average molecular weight is 453 g/mol. The summed E-state index contributed by atoms with van der Waals surface area (Å²) < 4.78 is 5.93. The second-order valence-corrected chi connectivity index (χ2v) is 8.41. The van der Waals surface area contributed by atoms with Gasteiger partial charge in [-0.3, -0.25) is 14.4 Å². The zero-order valence-electron chi connectivity index (χ0n) is 19.0. The number of ether oxygens (including phenoxy) is 1. The molecular weight excluding hydrogens is 420 g/mol. The molecule has 0 atom stereocenters. The molecule has 0 aliphatic heterocycles. The minimum Gasteiger partial charge on any atom is -0.490 e. The van der Waals surface area contributed by atoms with Gasteiger partial charge in [-0.15, -0.1) is 0 Å². The maximum atomic E-state index is 12.3. The van der Waals surface area contributed by atoms with Crippen molar-refractivity contribution in [2.45, 2.75) is 51.6 Å². The van der Waals surface area contributed by atoms with Crippen LogP contribution in [0.1, 0.15) is 65.3 Å². The number of carbonyl (C=O) groups is 3. The third-order valence-corrected chi connectivity index (χ3v) is 5.89. The standard InChI is InChI=1S/C26H32N2O5/c1-2-3-18-4-6-19(7-5-18)24(29)27-16-17-28-25(30)20-8-12-22(13-9-20)33-23-14-10-21(11-15-23)26(31)32/h4-9,12-13,21,23H,2-3,10-11,14-17H2,1H3,(H,27,29)(H,28,30)(H,31,32). The molecule has 0 heterocycles. The Labute approximate surface area is 194 Å². The number of amides is 2. The fourth-order valence-corrected chi connectivity index (χ4v) is 3.97. The number of nitrogens with one attached hydrogen (secondary N) is 2. The summed E-state index contributed by atoms with van der Waals surface area (Å²) in [7, 11) is 0. The lowest BCUT2D eigenvalue weighted by molar-refractivity contribution is -0.143. The van der Waals surface area contributed by atoms with Crippen LogP contribution in [0.25, 0.3) is 0 Å². The minimum atomic E-state index is -0.732. The van der Waals surface area contributed by atoms with Gasteiger partial charge in [0.25, 0.3) is 11.8 Å². The van der Waals surface area contributed by atoms with Gasteiger partial charge in [0.1, 0.15) is 5.75 Å². The van der Waals surface area contributed by atoms with Crippen LogP contribution >= 0.6 is 0 Å².